The van der Waals surface area contributed by atoms with Crippen LogP contribution in [-0.2, 0) is 0 Å². The Hall–Kier alpha value is -1.05. The average Bonchev–Trinajstić information content (AvgIpc) is 2.03. The molecule has 0 aromatic carbocycles. The highest BCUT2D eigenvalue weighted by Crippen LogP contribution is 2.16. The maximum atomic E-state index is 11.0. The van der Waals surface area contributed by atoms with E-state index in [0.29, 0.717) is 3.57 Å². The van der Waals surface area contributed by atoms with Crippen molar-refractivity contribution >= 4 is 28.6 Å². The molecule has 0 unspecified atom stereocenters. The van der Waals surface area contributed by atoms with Crippen LogP contribution in [-0.4, -0.2) is 18.2 Å². The van der Waals surface area contributed by atoms with Gasteiger partial charge in [0.05, 0.1) is 10.7 Å². The van der Waals surface area contributed by atoms with Gasteiger partial charge in [-0.3, -0.25) is 0 Å². The van der Waals surface area contributed by atoms with Crippen LogP contribution in [0.4, 0.5) is 0 Å². The second kappa shape index (κ2) is 3.77. The zero-order chi connectivity index (χ0) is 10.0. The molecule has 0 fully saturated rings. The Labute approximate surface area is 86.5 Å². The number of ether oxygens (including phenoxy) is 1. The quantitative estimate of drug-likeness (QED) is 0.822. The predicted octanol–water partition coefficient (Wildman–Crippen LogP) is 0.951. The molecular weight excluding hydrogens is 291 g/mol. The zero-order valence-electron chi connectivity index (χ0n) is 6.54. The van der Waals surface area contributed by atoms with Crippen LogP contribution in [0.15, 0.2) is 15.3 Å². The molecule has 13 heavy (non-hydrogen) atoms. The first-order chi connectivity index (χ1) is 6.06. The van der Waals surface area contributed by atoms with Gasteiger partial charge in [-0.05, 0) is 22.6 Å². The number of methoxy groups -OCH3 is 1. The van der Waals surface area contributed by atoms with Gasteiger partial charge < -0.3 is 14.3 Å². The number of carbonyl (C=O) groups is 1. The third-order valence-electron chi connectivity index (χ3n) is 1.28. The summed E-state index contributed by atoms with van der Waals surface area (Å²) in [6.45, 7) is 0. The van der Waals surface area contributed by atoms with Crippen molar-refractivity contribution in [3.8, 4) is 5.75 Å². The van der Waals surface area contributed by atoms with Crippen molar-refractivity contribution in [2.75, 3.05) is 7.11 Å². The molecule has 0 bridgehead atoms. The van der Waals surface area contributed by atoms with Crippen LogP contribution in [0.1, 0.15) is 10.6 Å². The third-order valence-corrected chi connectivity index (χ3v) is 2.08. The number of hydrogen-bond acceptors (Lipinski definition) is 4. The molecule has 0 radical (unpaired) electrons. The summed E-state index contributed by atoms with van der Waals surface area (Å²) in [6, 6.07) is 1.23. The Balaban J connectivity index is 3.37. The summed E-state index contributed by atoms with van der Waals surface area (Å²) in [5.74, 6) is -1.65. The minimum absolute atomic E-state index is 0.0191. The minimum atomic E-state index is -1.28. The fraction of sp³-hybridized carbons (Fsp3) is 0.143. The lowest BCUT2D eigenvalue weighted by molar-refractivity contribution is 0.0656. The Kier molecular flexibility index (Phi) is 2.91. The van der Waals surface area contributed by atoms with E-state index >= 15 is 0 Å². The molecule has 0 saturated carbocycles. The van der Waals surface area contributed by atoms with Crippen LogP contribution >= 0.6 is 22.6 Å². The molecule has 1 heterocycles. The van der Waals surface area contributed by atoms with Gasteiger partial charge in [-0.15, -0.1) is 0 Å². The van der Waals surface area contributed by atoms with Crippen LogP contribution in [0.25, 0.3) is 0 Å². The van der Waals surface area contributed by atoms with Gasteiger partial charge in [-0.2, -0.15) is 0 Å². The molecule has 0 aliphatic heterocycles. The van der Waals surface area contributed by atoms with Gasteiger partial charge in [0.1, 0.15) is 0 Å². The third kappa shape index (κ3) is 2.00. The number of rotatable bonds is 2. The van der Waals surface area contributed by atoms with E-state index in [9.17, 15) is 9.59 Å². The Morgan fingerprint density at radius 1 is 1.69 bits per heavy atom. The summed E-state index contributed by atoms with van der Waals surface area (Å²) in [4.78, 5) is 21.5. The first-order valence-corrected chi connectivity index (χ1v) is 4.25. The Morgan fingerprint density at radius 3 is 2.69 bits per heavy atom. The van der Waals surface area contributed by atoms with Crippen LogP contribution in [0.2, 0.25) is 0 Å². The lowest BCUT2D eigenvalue weighted by Gasteiger charge is -2.00. The minimum Gasteiger partial charge on any atom is -0.489 e. The second-order valence-corrected chi connectivity index (χ2v) is 3.25. The normalized spacial score (nSPS) is 9.69. The molecular formula is C7H5IO5. The van der Waals surface area contributed by atoms with Crippen molar-refractivity contribution in [3.63, 3.8) is 0 Å². The van der Waals surface area contributed by atoms with E-state index < -0.39 is 17.4 Å². The maximum absolute atomic E-state index is 11.0. The summed E-state index contributed by atoms with van der Waals surface area (Å²) < 4.78 is 9.57. The number of carboxylic acid groups (broad SMARTS) is 1. The summed E-state index contributed by atoms with van der Waals surface area (Å²) in [7, 11) is 1.31. The van der Waals surface area contributed by atoms with E-state index in [4.69, 9.17) is 9.84 Å². The van der Waals surface area contributed by atoms with Crippen LogP contribution in [0, 0.1) is 3.57 Å². The van der Waals surface area contributed by atoms with Crippen molar-refractivity contribution in [3.05, 3.63) is 25.8 Å². The largest absolute Gasteiger partial charge is 0.489 e. The fourth-order valence-electron chi connectivity index (χ4n) is 0.740. The Bertz CT molecular complexity index is 394. The van der Waals surface area contributed by atoms with E-state index in [0.717, 1.165) is 0 Å². The fourth-order valence-corrected chi connectivity index (χ4v) is 1.46. The van der Waals surface area contributed by atoms with Gasteiger partial charge in [0.25, 0.3) is 0 Å². The number of halogens is 1. The van der Waals surface area contributed by atoms with Gasteiger partial charge >= 0.3 is 11.6 Å². The highest BCUT2D eigenvalue weighted by molar-refractivity contribution is 14.1. The molecule has 1 rings (SSSR count). The summed E-state index contributed by atoms with van der Waals surface area (Å²) in [6.07, 6.45) is 0. The number of hydrogen-bond donors (Lipinski definition) is 1. The zero-order valence-corrected chi connectivity index (χ0v) is 8.69. The molecule has 0 aliphatic rings. The number of carboxylic acids is 1. The smallest absolute Gasteiger partial charge is 0.380 e. The van der Waals surface area contributed by atoms with E-state index in [2.05, 4.69) is 4.42 Å². The molecule has 1 N–H and O–H groups in total. The van der Waals surface area contributed by atoms with Gasteiger partial charge in [0.15, 0.2) is 0 Å². The molecule has 0 aliphatic carbocycles. The van der Waals surface area contributed by atoms with Crippen molar-refractivity contribution < 1.29 is 19.1 Å². The van der Waals surface area contributed by atoms with Crippen molar-refractivity contribution in [2.45, 2.75) is 0 Å². The van der Waals surface area contributed by atoms with E-state index in [1.165, 1.54) is 13.2 Å². The van der Waals surface area contributed by atoms with Crippen molar-refractivity contribution in [1.29, 1.82) is 0 Å². The first-order valence-electron chi connectivity index (χ1n) is 3.17. The molecule has 0 amide bonds. The maximum Gasteiger partial charge on any atom is 0.380 e. The van der Waals surface area contributed by atoms with Gasteiger partial charge in [-0.1, -0.05) is 0 Å². The highest BCUT2D eigenvalue weighted by Gasteiger charge is 2.13. The van der Waals surface area contributed by atoms with Gasteiger partial charge in [0.2, 0.25) is 11.5 Å². The highest BCUT2D eigenvalue weighted by atomic mass is 127. The first kappa shape index (κ1) is 10.0. The van der Waals surface area contributed by atoms with Crippen LogP contribution < -0.4 is 10.4 Å². The summed E-state index contributed by atoms with van der Waals surface area (Å²) in [5, 5.41) is 8.52. The summed E-state index contributed by atoms with van der Waals surface area (Å²) >= 11 is 1.80. The van der Waals surface area contributed by atoms with Crippen molar-refractivity contribution in [1.82, 2.24) is 0 Å². The molecule has 1 aromatic heterocycles. The van der Waals surface area contributed by atoms with E-state index in [1.54, 1.807) is 22.6 Å². The standard InChI is InChI=1S/C7H5IO5/c1-12-5-3(8)2-4(6(9)10)13-7(5)11/h2H,1H3,(H,9,10). The lowest BCUT2D eigenvalue weighted by Crippen LogP contribution is -2.10. The van der Waals surface area contributed by atoms with Crippen LogP contribution in [0.3, 0.4) is 0 Å². The molecule has 70 valence electrons. The topological polar surface area (TPSA) is 76.7 Å². The van der Waals surface area contributed by atoms with Gasteiger partial charge in [-0.25, -0.2) is 9.59 Å². The Morgan fingerprint density at radius 2 is 2.31 bits per heavy atom. The second-order valence-electron chi connectivity index (χ2n) is 2.08. The molecule has 5 nitrogen and oxygen atoms in total. The SMILES string of the molecule is COc1c(I)cc(C(=O)O)oc1=O. The average molecular weight is 296 g/mol. The monoisotopic (exact) mass is 296 g/mol. The number of aromatic carboxylic acids is 1. The van der Waals surface area contributed by atoms with E-state index in [1.807, 2.05) is 0 Å². The molecule has 0 atom stereocenters. The lowest BCUT2D eigenvalue weighted by atomic mass is 10.4. The molecule has 6 heteroatoms. The molecule has 0 spiro atoms. The predicted molar refractivity (Wildman–Crippen MR) is 51.2 cm³/mol. The van der Waals surface area contributed by atoms with E-state index in [-0.39, 0.29) is 5.75 Å². The van der Waals surface area contributed by atoms with Crippen molar-refractivity contribution in [2.24, 2.45) is 0 Å². The molecule has 1 aromatic rings. The summed E-state index contributed by atoms with van der Waals surface area (Å²) in [5.41, 5.74) is -0.785. The molecule has 0 saturated heterocycles. The van der Waals surface area contributed by atoms with Gasteiger partial charge in [0, 0.05) is 6.07 Å². The van der Waals surface area contributed by atoms with Crippen LogP contribution in [0.5, 0.6) is 5.75 Å².